The molecule has 0 spiro atoms. The van der Waals surface area contributed by atoms with E-state index < -0.39 is 0 Å². The number of likely N-dealkylation sites (tertiary alicyclic amines) is 1. The van der Waals surface area contributed by atoms with E-state index in [1.165, 1.54) is 5.56 Å². The van der Waals surface area contributed by atoms with Crippen molar-refractivity contribution in [1.29, 1.82) is 0 Å². The fraction of sp³-hybridized carbons (Fsp3) is 0.350. The molecule has 0 radical (unpaired) electrons. The fourth-order valence-electron chi connectivity index (χ4n) is 3.63. The molecule has 0 unspecified atom stereocenters. The summed E-state index contributed by atoms with van der Waals surface area (Å²) in [5, 5.41) is 0. The van der Waals surface area contributed by atoms with Gasteiger partial charge in [-0.05, 0) is 42.7 Å². The van der Waals surface area contributed by atoms with Gasteiger partial charge in [0.1, 0.15) is 11.3 Å². The van der Waals surface area contributed by atoms with Gasteiger partial charge in [-0.2, -0.15) is 0 Å². The number of carbonyl (C=O) groups is 1. The van der Waals surface area contributed by atoms with Crippen LogP contribution in [-0.2, 0) is 13.5 Å². The lowest BCUT2D eigenvalue weighted by atomic mass is 10.1. The molecule has 1 amide bonds. The minimum absolute atomic E-state index is 0.113. The summed E-state index contributed by atoms with van der Waals surface area (Å²) in [5.41, 5.74) is 3.84. The molecule has 1 aliphatic rings. The normalized spacial score (nSPS) is 17.4. The van der Waals surface area contributed by atoms with E-state index >= 15 is 0 Å². The Morgan fingerprint density at radius 3 is 2.76 bits per heavy atom. The molecule has 1 fully saturated rings. The number of carbonyl (C=O) groups excluding carboxylic acids is 1. The van der Waals surface area contributed by atoms with Crippen molar-refractivity contribution in [2.24, 2.45) is 7.05 Å². The van der Waals surface area contributed by atoms with E-state index in [-0.39, 0.29) is 11.8 Å². The van der Waals surface area contributed by atoms with Crippen LogP contribution in [0.5, 0.6) is 0 Å². The Kier molecular flexibility index (Phi) is 3.99. The zero-order valence-corrected chi connectivity index (χ0v) is 14.6. The molecule has 2 aromatic heterocycles. The highest BCUT2D eigenvalue weighted by Crippen LogP contribution is 2.29. The number of amides is 1. The smallest absolute Gasteiger partial charge is 0.253 e. The van der Waals surface area contributed by atoms with Crippen molar-refractivity contribution >= 4 is 17.1 Å². The molecule has 3 aromatic rings. The van der Waals surface area contributed by atoms with Crippen LogP contribution in [0, 0.1) is 0 Å². The first-order valence-corrected chi connectivity index (χ1v) is 8.83. The molecule has 1 saturated heterocycles. The molecule has 0 saturated carbocycles. The lowest BCUT2D eigenvalue weighted by Gasteiger charge is -2.17. The van der Waals surface area contributed by atoms with Crippen LogP contribution < -0.4 is 0 Å². The standard InChI is InChI=1S/C20H22N4O/c1-3-14-6-8-15(9-7-14)20(25)24-12-10-16(13-24)18-22-17-5-4-11-21-19(17)23(18)2/h4-9,11,16H,3,10,12-13H2,1-2H3/t16-/m1/s1. The average molecular weight is 334 g/mol. The largest absolute Gasteiger partial charge is 0.338 e. The van der Waals surface area contributed by atoms with Gasteiger partial charge < -0.3 is 9.47 Å². The quantitative estimate of drug-likeness (QED) is 0.739. The summed E-state index contributed by atoms with van der Waals surface area (Å²) in [6.45, 7) is 3.61. The van der Waals surface area contributed by atoms with Gasteiger partial charge in [-0.3, -0.25) is 4.79 Å². The lowest BCUT2D eigenvalue weighted by Crippen LogP contribution is -2.28. The maximum Gasteiger partial charge on any atom is 0.253 e. The van der Waals surface area contributed by atoms with Crippen LogP contribution >= 0.6 is 0 Å². The van der Waals surface area contributed by atoms with E-state index in [0.29, 0.717) is 6.54 Å². The Morgan fingerprint density at radius 2 is 2.04 bits per heavy atom. The summed E-state index contributed by atoms with van der Waals surface area (Å²) in [6, 6.07) is 11.8. The zero-order chi connectivity index (χ0) is 17.4. The summed E-state index contributed by atoms with van der Waals surface area (Å²) in [5.74, 6) is 1.39. The van der Waals surface area contributed by atoms with Gasteiger partial charge >= 0.3 is 0 Å². The van der Waals surface area contributed by atoms with Gasteiger partial charge in [0.2, 0.25) is 0 Å². The summed E-state index contributed by atoms with van der Waals surface area (Å²) >= 11 is 0. The van der Waals surface area contributed by atoms with Gasteiger partial charge in [0.25, 0.3) is 5.91 Å². The molecular formula is C20H22N4O. The van der Waals surface area contributed by atoms with Crippen LogP contribution in [0.2, 0.25) is 0 Å². The highest BCUT2D eigenvalue weighted by Gasteiger charge is 2.31. The number of imidazole rings is 1. The molecule has 1 atom stereocenters. The Bertz CT molecular complexity index is 913. The highest BCUT2D eigenvalue weighted by atomic mass is 16.2. The Morgan fingerprint density at radius 1 is 1.24 bits per heavy atom. The molecular weight excluding hydrogens is 312 g/mol. The summed E-state index contributed by atoms with van der Waals surface area (Å²) in [7, 11) is 2.01. The molecule has 0 aliphatic carbocycles. The lowest BCUT2D eigenvalue weighted by molar-refractivity contribution is 0.0790. The van der Waals surface area contributed by atoms with Crippen LogP contribution in [-0.4, -0.2) is 38.4 Å². The zero-order valence-electron chi connectivity index (χ0n) is 14.6. The summed E-state index contributed by atoms with van der Waals surface area (Å²) < 4.78 is 2.06. The predicted octanol–water partition coefficient (Wildman–Crippen LogP) is 3.16. The van der Waals surface area contributed by atoms with E-state index in [2.05, 4.69) is 16.5 Å². The maximum absolute atomic E-state index is 12.8. The molecule has 0 bridgehead atoms. The summed E-state index contributed by atoms with van der Waals surface area (Å²) in [6.07, 6.45) is 3.72. The van der Waals surface area contributed by atoms with Crippen molar-refractivity contribution in [3.8, 4) is 0 Å². The third-order valence-corrected chi connectivity index (χ3v) is 5.11. The van der Waals surface area contributed by atoms with Crippen LogP contribution in [0.3, 0.4) is 0 Å². The van der Waals surface area contributed by atoms with E-state index in [0.717, 1.165) is 41.9 Å². The number of aryl methyl sites for hydroxylation is 2. The first-order valence-electron chi connectivity index (χ1n) is 8.83. The molecule has 1 aliphatic heterocycles. The summed E-state index contributed by atoms with van der Waals surface area (Å²) in [4.78, 5) is 23.9. The van der Waals surface area contributed by atoms with Crippen molar-refractivity contribution in [2.45, 2.75) is 25.7 Å². The average Bonchev–Trinajstić information content (AvgIpc) is 3.27. The van der Waals surface area contributed by atoms with Crippen molar-refractivity contribution in [3.05, 3.63) is 59.5 Å². The number of nitrogens with zero attached hydrogens (tertiary/aromatic N) is 4. The minimum Gasteiger partial charge on any atom is -0.338 e. The second-order valence-electron chi connectivity index (χ2n) is 6.66. The molecule has 4 rings (SSSR count). The molecule has 5 nitrogen and oxygen atoms in total. The van der Waals surface area contributed by atoms with E-state index in [9.17, 15) is 4.79 Å². The molecule has 128 valence electrons. The number of rotatable bonds is 3. The number of pyridine rings is 1. The molecule has 3 heterocycles. The maximum atomic E-state index is 12.8. The first-order chi connectivity index (χ1) is 12.2. The Balaban J connectivity index is 1.53. The third-order valence-electron chi connectivity index (χ3n) is 5.11. The fourth-order valence-corrected chi connectivity index (χ4v) is 3.63. The van der Waals surface area contributed by atoms with E-state index in [1.807, 2.05) is 48.3 Å². The Labute approximate surface area is 147 Å². The van der Waals surface area contributed by atoms with Crippen LogP contribution in [0.25, 0.3) is 11.2 Å². The second kappa shape index (κ2) is 6.31. The van der Waals surface area contributed by atoms with Crippen molar-refractivity contribution in [2.75, 3.05) is 13.1 Å². The molecule has 0 N–H and O–H groups in total. The van der Waals surface area contributed by atoms with E-state index in [1.54, 1.807) is 6.20 Å². The minimum atomic E-state index is 0.113. The van der Waals surface area contributed by atoms with Crippen LogP contribution in [0.1, 0.15) is 41.0 Å². The number of fused-ring (bicyclic) bond motifs is 1. The van der Waals surface area contributed by atoms with Gasteiger partial charge in [0.05, 0.1) is 0 Å². The van der Waals surface area contributed by atoms with Gasteiger partial charge in [-0.25, -0.2) is 9.97 Å². The first kappa shape index (κ1) is 15.8. The van der Waals surface area contributed by atoms with Gasteiger partial charge in [0, 0.05) is 37.8 Å². The van der Waals surface area contributed by atoms with Gasteiger partial charge in [-0.1, -0.05) is 19.1 Å². The van der Waals surface area contributed by atoms with Crippen molar-refractivity contribution in [1.82, 2.24) is 19.4 Å². The van der Waals surface area contributed by atoms with E-state index in [4.69, 9.17) is 4.98 Å². The second-order valence-corrected chi connectivity index (χ2v) is 6.66. The SMILES string of the molecule is CCc1ccc(C(=O)N2CC[C@@H](c3nc4cccnc4n3C)C2)cc1. The monoisotopic (exact) mass is 334 g/mol. The molecule has 1 aromatic carbocycles. The predicted molar refractivity (Wildman–Crippen MR) is 97.6 cm³/mol. The third kappa shape index (κ3) is 2.80. The topological polar surface area (TPSA) is 51.0 Å². The van der Waals surface area contributed by atoms with Crippen LogP contribution in [0.15, 0.2) is 42.6 Å². The number of hydrogen-bond donors (Lipinski definition) is 0. The number of hydrogen-bond acceptors (Lipinski definition) is 3. The number of benzene rings is 1. The van der Waals surface area contributed by atoms with Gasteiger partial charge in [-0.15, -0.1) is 0 Å². The Hall–Kier alpha value is -2.69. The number of aromatic nitrogens is 3. The van der Waals surface area contributed by atoms with Crippen molar-refractivity contribution < 1.29 is 4.79 Å². The molecule has 25 heavy (non-hydrogen) atoms. The van der Waals surface area contributed by atoms with Gasteiger partial charge in [0.15, 0.2) is 5.65 Å². The highest BCUT2D eigenvalue weighted by molar-refractivity contribution is 5.94. The van der Waals surface area contributed by atoms with Crippen molar-refractivity contribution in [3.63, 3.8) is 0 Å². The molecule has 5 heteroatoms. The van der Waals surface area contributed by atoms with Crippen LogP contribution in [0.4, 0.5) is 0 Å².